The Morgan fingerprint density at radius 2 is 2.36 bits per heavy atom. The van der Waals surface area contributed by atoms with Crippen LogP contribution >= 0.6 is 11.3 Å². The van der Waals surface area contributed by atoms with Gasteiger partial charge in [0.2, 0.25) is 0 Å². The highest BCUT2D eigenvalue weighted by Gasteiger charge is 2.35. The number of likely N-dealkylation sites (tertiary alicyclic amines) is 1. The van der Waals surface area contributed by atoms with Crippen molar-refractivity contribution in [3.05, 3.63) is 16.1 Å². The van der Waals surface area contributed by atoms with Gasteiger partial charge in [0.15, 0.2) is 5.69 Å². The number of rotatable bonds is 4. The minimum absolute atomic E-state index is 0.0302. The Balaban J connectivity index is 2.00. The lowest BCUT2D eigenvalue weighted by atomic mass is 10.1. The molecule has 0 spiro atoms. The Hall–Kier alpha value is -1.35. The van der Waals surface area contributed by atoms with Gasteiger partial charge in [-0.2, -0.15) is 13.2 Å². The maximum atomic E-state index is 12.6. The molecule has 5 nitrogen and oxygen atoms in total. The number of urea groups is 1. The van der Waals surface area contributed by atoms with E-state index in [2.05, 4.69) is 10.3 Å². The van der Waals surface area contributed by atoms with E-state index in [1.807, 2.05) is 0 Å². The molecular formula is C13H18F3N3O2S. The SMILES string of the molecule is CCC(NC(=O)N1CCC(CO)C1)c1nc(C(F)(F)F)cs1. The second-order valence-corrected chi connectivity index (χ2v) is 6.15. The molecule has 1 aromatic rings. The van der Waals surface area contributed by atoms with Crippen LogP contribution in [0.25, 0.3) is 0 Å². The number of nitrogens with zero attached hydrogens (tertiary/aromatic N) is 2. The maximum Gasteiger partial charge on any atom is 0.434 e. The number of hydrogen-bond acceptors (Lipinski definition) is 4. The number of nitrogens with one attached hydrogen (secondary N) is 1. The molecule has 1 aliphatic rings. The van der Waals surface area contributed by atoms with Gasteiger partial charge in [0.25, 0.3) is 0 Å². The number of halogens is 3. The number of alkyl halides is 3. The Morgan fingerprint density at radius 1 is 1.64 bits per heavy atom. The first-order valence-corrected chi connectivity index (χ1v) is 7.92. The van der Waals surface area contributed by atoms with E-state index in [0.29, 0.717) is 19.5 Å². The van der Waals surface area contributed by atoms with Crippen molar-refractivity contribution in [1.82, 2.24) is 15.2 Å². The van der Waals surface area contributed by atoms with Crippen molar-refractivity contribution in [1.29, 1.82) is 0 Å². The maximum absolute atomic E-state index is 12.6. The first-order chi connectivity index (χ1) is 10.3. The van der Waals surface area contributed by atoms with Crippen LogP contribution in [-0.4, -0.2) is 40.7 Å². The van der Waals surface area contributed by atoms with Crippen LogP contribution < -0.4 is 5.32 Å². The van der Waals surface area contributed by atoms with Crippen molar-refractivity contribution in [3.8, 4) is 0 Å². The fraction of sp³-hybridized carbons (Fsp3) is 0.692. The van der Waals surface area contributed by atoms with Gasteiger partial charge in [0, 0.05) is 31.0 Å². The summed E-state index contributed by atoms with van der Waals surface area (Å²) in [4.78, 5) is 17.3. The first-order valence-electron chi connectivity index (χ1n) is 7.04. The van der Waals surface area contributed by atoms with E-state index >= 15 is 0 Å². The van der Waals surface area contributed by atoms with Crippen molar-refractivity contribution in [2.75, 3.05) is 19.7 Å². The topological polar surface area (TPSA) is 65.5 Å². The molecule has 9 heteroatoms. The summed E-state index contributed by atoms with van der Waals surface area (Å²) in [5.41, 5.74) is -0.929. The van der Waals surface area contributed by atoms with Crippen LogP contribution in [0.1, 0.15) is 36.5 Å². The molecule has 2 heterocycles. The molecule has 0 saturated carbocycles. The zero-order valence-electron chi connectivity index (χ0n) is 12.1. The lowest BCUT2D eigenvalue weighted by Crippen LogP contribution is -2.40. The second-order valence-electron chi connectivity index (χ2n) is 5.26. The van der Waals surface area contributed by atoms with E-state index < -0.39 is 17.9 Å². The normalized spacial score (nSPS) is 20.2. The van der Waals surface area contributed by atoms with Gasteiger partial charge in [-0.1, -0.05) is 6.92 Å². The van der Waals surface area contributed by atoms with E-state index in [9.17, 15) is 18.0 Å². The Morgan fingerprint density at radius 3 is 2.86 bits per heavy atom. The third kappa shape index (κ3) is 3.89. The summed E-state index contributed by atoms with van der Waals surface area (Å²) < 4.78 is 37.8. The third-order valence-corrected chi connectivity index (χ3v) is 4.61. The molecule has 22 heavy (non-hydrogen) atoms. The molecule has 0 radical (unpaired) electrons. The van der Waals surface area contributed by atoms with E-state index in [0.717, 1.165) is 23.1 Å². The fourth-order valence-electron chi connectivity index (χ4n) is 2.32. The average molecular weight is 337 g/mol. The molecule has 2 rings (SSSR count). The quantitative estimate of drug-likeness (QED) is 0.888. The van der Waals surface area contributed by atoms with Gasteiger partial charge in [-0.15, -0.1) is 11.3 Å². The first kappa shape index (κ1) is 17.0. The van der Waals surface area contributed by atoms with Gasteiger partial charge in [0.1, 0.15) is 5.01 Å². The Kier molecular flexibility index (Phi) is 5.28. The predicted molar refractivity (Wildman–Crippen MR) is 75.4 cm³/mol. The van der Waals surface area contributed by atoms with Crippen molar-refractivity contribution < 1.29 is 23.1 Å². The van der Waals surface area contributed by atoms with Gasteiger partial charge in [0.05, 0.1) is 6.04 Å². The Labute approximate surface area is 130 Å². The summed E-state index contributed by atoms with van der Waals surface area (Å²) in [5, 5.41) is 13.0. The molecule has 1 aromatic heterocycles. The monoisotopic (exact) mass is 337 g/mol. The molecule has 2 unspecified atom stereocenters. The number of carbonyl (C=O) groups excluding carboxylic acids is 1. The van der Waals surface area contributed by atoms with Crippen LogP contribution in [-0.2, 0) is 6.18 Å². The largest absolute Gasteiger partial charge is 0.434 e. The lowest BCUT2D eigenvalue weighted by Gasteiger charge is -2.21. The summed E-state index contributed by atoms with van der Waals surface area (Å²) in [7, 11) is 0. The minimum atomic E-state index is -4.47. The van der Waals surface area contributed by atoms with Gasteiger partial charge >= 0.3 is 12.2 Å². The number of aromatic nitrogens is 1. The smallest absolute Gasteiger partial charge is 0.396 e. The van der Waals surface area contributed by atoms with Crippen LogP contribution in [0.15, 0.2) is 5.38 Å². The molecule has 0 aromatic carbocycles. The zero-order chi connectivity index (χ0) is 16.3. The molecule has 0 bridgehead atoms. The highest BCUT2D eigenvalue weighted by Crippen LogP contribution is 2.32. The second kappa shape index (κ2) is 6.82. The van der Waals surface area contributed by atoms with Crippen LogP contribution in [0.4, 0.5) is 18.0 Å². The number of thiazole rings is 1. The zero-order valence-corrected chi connectivity index (χ0v) is 12.9. The van der Waals surface area contributed by atoms with Crippen molar-refractivity contribution >= 4 is 17.4 Å². The molecule has 0 aliphatic carbocycles. The Bertz CT molecular complexity index is 521. The van der Waals surface area contributed by atoms with Crippen molar-refractivity contribution in [2.24, 2.45) is 5.92 Å². The molecule has 1 saturated heterocycles. The number of aliphatic hydroxyl groups is 1. The summed E-state index contributed by atoms with van der Waals surface area (Å²) >= 11 is 0.894. The lowest BCUT2D eigenvalue weighted by molar-refractivity contribution is -0.140. The van der Waals surface area contributed by atoms with Crippen molar-refractivity contribution in [3.63, 3.8) is 0 Å². The molecule has 2 amide bonds. The predicted octanol–water partition coefficient (Wildman–Crippen LogP) is 2.64. The molecule has 1 fully saturated rings. The average Bonchev–Trinajstić information content (AvgIpc) is 3.12. The fourth-order valence-corrected chi connectivity index (χ4v) is 3.28. The number of amides is 2. The summed E-state index contributed by atoms with van der Waals surface area (Å²) in [6.45, 7) is 2.81. The molecule has 2 N–H and O–H groups in total. The van der Waals surface area contributed by atoms with E-state index in [4.69, 9.17) is 5.11 Å². The van der Waals surface area contributed by atoms with Crippen molar-refractivity contribution in [2.45, 2.75) is 32.0 Å². The van der Waals surface area contributed by atoms with Crippen LogP contribution in [0.2, 0.25) is 0 Å². The highest BCUT2D eigenvalue weighted by atomic mass is 32.1. The van der Waals surface area contributed by atoms with Gasteiger partial charge in [-0.05, 0) is 12.8 Å². The minimum Gasteiger partial charge on any atom is -0.396 e. The van der Waals surface area contributed by atoms with Crippen LogP contribution in [0.5, 0.6) is 0 Å². The molecule has 124 valence electrons. The van der Waals surface area contributed by atoms with Gasteiger partial charge in [-0.25, -0.2) is 9.78 Å². The molecule has 2 atom stereocenters. The molecular weight excluding hydrogens is 319 g/mol. The van der Waals surface area contributed by atoms with E-state index in [-0.39, 0.29) is 23.6 Å². The summed E-state index contributed by atoms with van der Waals surface area (Å²) in [6.07, 6.45) is -3.29. The number of hydrogen-bond donors (Lipinski definition) is 2. The summed E-state index contributed by atoms with van der Waals surface area (Å²) in [5.74, 6) is 0.0718. The number of carbonyl (C=O) groups is 1. The van der Waals surface area contributed by atoms with Gasteiger partial charge < -0.3 is 15.3 Å². The van der Waals surface area contributed by atoms with E-state index in [1.165, 1.54) is 0 Å². The highest BCUT2D eigenvalue weighted by molar-refractivity contribution is 7.09. The molecule has 1 aliphatic heterocycles. The summed E-state index contributed by atoms with van der Waals surface area (Å²) in [6, 6.07) is -0.867. The number of aliphatic hydroxyl groups excluding tert-OH is 1. The van der Waals surface area contributed by atoms with Crippen LogP contribution in [0.3, 0.4) is 0 Å². The van der Waals surface area contributed by atoms with Gasteiger partial charge in [-0.3, -0.25) is 0 Å². The third-order valence-electron chi connectivity index (χ3n) is 3.65. The van der Waals surface area contributed by atoms with E-state index in [1.54, 1.807) is 11.8 Å². The standard InChI is InChI=1S/C13H18F3N3O2S/c1-2-9(11-18-10(7-22-11)13(14,15)16)17-12(21)19-4-3-8(5-19)6-20/h7-9,20H,2-6H2,1H3,(H,17,21). The van der Waals surface area contributed by atoms with Crippen LogP contribution in [0, 0.1) is 5.92 Å².